The van der Waals surface area contributed by atoms with Gasteiger partial charge in [-0.05, 0) is 73.0 Å². The van der Waals surface area contributed by atoms with E-state index in [2.05, 4.69) is 180 Å². The summed E-state index contributed by atoms with van der Waals surface area (Å²) in [4.78, 5) is 0. The molecule has 2 aliphatic rings. The number of hydrogen-bond donors (Lipinski definition) is 0. The summed E-state index contributed by atoms with van der Waals surface area (Å²) < 4.78 is 21.0. The summed E-state index contributed by atoms with van der Waals surface area (Å²) in [5.41, 5.74) is 12.2. The Bertz CT molecular complexity index is 1740. The topological polar surface area (TPSA) is 27.7 Å². The summed E-state index contributed by atoms with van der Waals surface area (Å²) in [6, 6.07) is 11.5. The van der Waals surface area contributed by atoms with Gasteiger partial charge in [0.1, 0.15) is 17.6 Å². The van der Waals surface area contributed by atoms with Crippen molar-refractivity contribution in [3.8, 4) is 11.5 Å². The minimum absolute atomic E-state index is 0.0113. The van der Waals surface area contributed by atoms with E-state index in [1.807, 2.05) is 0 Å². The Hall–Kier alpha value is -2.81. The van der Waals surface area contributed by atoms with E-state index in [4.69, 9.17) is 13.1 Å². The van der Waals surface area contributed by atoms with Crippen LogP contribution in [-0.4, -0.2) is 6.10 Å². The summed E-state index contributed by atoms with van der Waals surface area (Å²) >= 11 is 1.06. The molecule has 0 radical (unpaired) electrons. The van der Waals surface area contributed by atoms with Gasteiger partial charge < -0.3 is 13.1 Å². The van der Waals surface area contributed by atoms with Crippen molar-refractivity contribution in [3.05, 3.63) is 98.5 Å². The molecule has 2 aromatic carbocycles. The molecular formula is C46H66O3S. The Balaban J connectivity index is 2.16. The highest BCUT2D eigenvalue weighted by Gasteiger charge is 2.40. The van der Waals surface area contributed by atoms with E-state index in [-0.39, 0.29) is 38.4 Å². The van der Waals surface area contributed by atoms with Crippen LogP contribution in [0, 0.1) is 10.8 Å². The third-order valence-corrected chi connectivity index (χ3v) is 10.4. The summed E-state index contributed by atoms with van der Waals surface area (Å²) in [6.07, 6.45) is 4.01. The lowest BCUT2D eigenvalue weighted by molar-refractivity contribution is 0.201. The van der Waals surface area contributed by atoms with Gasteiger partial charge in [-0.3, -0.25) is 0 Å². The Morgan fingerprint density at radius 1 is 0.620 bits per heavy atom. The molecule has 1 heterocycles. The van der Waals surface area contributed by atoms with Crippen molar-refractivity contribution in [1.82, 2.24) is 0 Å². The zero-order valence-corrected chi connectivity index (χ0v) is 35.6. The van der Waals surface area contributed by atoms with Crippen molar-refractivity contribution in [1.29, 1.82) is 0 Å². The largest absolute Gasteiger partial charge is 0.485 e. The van der Waals surface area contributed by atoms with Crippen LogP contribution in [0.25, 0.3) is 0 Å². The van der Waals surface area contributed by atoms with E-state index in [0.29, 0.717) is 0 Å². The molecule has 0 saturated heterocycles. The lowest BCUT2D eigenvalue weighted by Crippen LogP contribution is -2.31. The van der Waals surface area contributed by atoms with Crippen LogP contribution in [0.1, 0.15) is 165 Å². The first kappa shape index (κ1) is 40.0. The van der Waals surface area contributed by atoms with Crippen LogP contribution < -0.4 is 8.92 Å². The fourth-order valence-electron chi connectivity index (χ4n) is 6.51. The van der Waals surface area contributed by atoms with Crippen molar-refractivity contribution in [2.24, 2.45) is 10.8 Å². The average molecular weight is 699 g/mol. The van der Waals surface area contributed by atoms with Gasteiger partial charge in [0.05, 0.1) is 0 Å². The molecule has 0 N–H and O–H groups in total. The van der Waals surface area contributed by atoms with Gasteiger partial charge in [-0.25, -0.2) is 0 Å². The van der Waals surface area contributed by atoms with Gasteiger partial charge >= 0.3 is 0 Å². The number of hydrogen-bond acceptors (Lipinski definition) is 4. The van der Waals surface area contributed by atoms with Crippen molar-refractivity contribution in [2.75, 3.05) is 0 Å². The summed E-state index contributed by atoms with van der Waals surface area (Å²) in [7, 11) is 0. The molecule has 0 fully saturated rings. The maximum Gasteiger partial charge on any atom is 0.293 e. The smallest absolute Gasteiger partial charge is 0.293 e. The predicted molar refractivity (Wildman–Crippen MR) is 215 cm³/mol. The molecule has 2 aromatic rings. The van der Waals surface area contributed by atoms with E-state index in [9.17, 15) is 0 Å². The summed E-state index contributed by atoms with van der Waals surface area (Å²) in [5, 5.41) is 0. The van der Waals surface area contributed by atoms with Gasteiger partial charge in [-0.2, -0.15) is 0 Å². The minimum atomic E-state index is -0.404. The number of ether oxygens (including phenoxy) is 1. The average Bonchev–Trinajstić information content (AvgIpc) is 3.10. The molecule has 4 rings (SSSR count). The third-order valence-electron chi connectivity index (χ3n) is 9.98. The molecule has 274 valence electrons. The molecule has 50 heavy (non-hydrogen) atoms. The first-order chi connectivity index (χ1) is 22.5. The van der Waals surface area contributed by atoms with Crippen LogP contribution in [-0.2, 0) is 25.8 Å². The fourth-order valence-corrected chi connectivity index (χ4v) is 7.05. The van der Waals surface area contributed by atoms with E-state index >= 15 is 0 Å². The molecule has 1 aliphatic heterocycles. The van der Waals surface area contributed by atoms with Gasteiger partial charge in [0.25, 0.3) is 12.3 Å². The van der Waals surface area contributed by atoms with E-state index in [0.717, 1.165) is 51.9 Å². The van der Waals surface area contributed by atoms with Gasteiger partial charge in [0.15, 0.2) is 5.76 Å². The summed E-state index contributed by atoms with van der Waals surface area (Å²) in [5.74, 6) is 2.45. The molecule has 0 aromatic heterocycles. The summed E-state index contributed by atoms with van der Waals surface area (Å²) in [6.45, 7) is 43.1. The van der Waals surface area contributed by atoms with Crippen LogP contribution in [0.2, 0.25) is 0 Å². The number of rotatable bonds is 2. The van der Waals surface area contributed by atoms with Gasteiger partial charge in [0, 0.05) is 28.2 Å². The van der Waals surface area contributed by atoms with Crippen molar-refractivity contribution >= 4 is 12.3 Å². The standard InChI is InChI=1S/C46H66O3S/c1-28-32-25-31(43(8,9)10)27-36(46(17,18)19)39(32)48-50-49-40-33(24-29(41(2,3)4)20-22-34(40)44(11,12)13)38(28)47-37-23-21-30(42(5,6)7)26-35(37)45(14,15)16/h21-28,38H,1-19H3/t28?,38-/m0/s1. The fraction of sp³-hybridized carbons (Fsp3) is 0.587. The predicted octanol–water partition coefficient (Wildman–Crippen LogP) is 13.8. The molecular weight excluding hydrogens is 633 g/mol. The Morgan fingerprint density at radius 3 is 1.68 bits per heavy atom. The second-order valence-electron chi connectivity index (χ2n) is 20.8. The Kier molecular flexibility index (Phi) is 10.6. The SMILES string of the molecule is CC1c2cc(C(C)(C)C)cc(C(C)(C)C)c2OSOC2=C(C(C)(C)C)C=C=C(C(C)(C)C)C=C2[C@H]1Oc1ccc(C(C)(C)C)cc1C(C)(C)C. The first-order valence-electron chi connectivity index (χ1n) is 18.5. The highest BCUT2D eigenvalue weighted by Crippen LogP contribution is 2.50. The van der Waals surface area contributed by atoms with Crippen LogP contribution >= 0.6 is 12.3 Å². The molecule has 0 saturated carbocycles. The molecule has 1 unspecified atom stereocenters. The zero-order valence-electron chi connectivity index (χ0n) is 34.8. The van der Waals surface area contributed by atoms with Crippen LogP contribution in [0.3, 0.4) is 0 Å². The van der Waals surface area contributed by atoms with Gasteiger partial charge in [-0.15, -0.1) is 5.73 Å². The zero-order chi connectivity index (χ0) is 38.0. The molecule has 0 spiro atoms. The Labute approximate surface area is 310 Å². The van der Waals surface area contributed by atoms with Crippen molar-refractivity contribution < 1.29 is 13.1 Å². The number of allylic oxidation sites excluding steroid dienone is 3. The van der Waals surface area contributed by atoms with Gasteiger partial charge in [-0.1, -0.05) is 156 Å². The normalized spacial score (nSPS) is 19.5. The monoisotopic (exact) mass is 698 g/mol. The minimum Gasteiger partial charge on any atom is -0.485 e. The van der Waals surface area contributed by atoms with Crippen LogP contribution in [0.4, 0.5) is 0 Å². The molecule has 4 heteroatoms. The van der Waals surface area contributed by atoms with Crippen molar-refractivity contribution in [3.63, 3.8) is 0 Å². The molecule has 1 aliphatic carbocycles. The lowest BCUT2D eigenvalue weighted by Gasteiger charge is -2.34. The molecule has 0 amide bonds. The highest BCUT2D eigenvalue weighted by molar-refractivity contribution is 7.90. The van der Waals surface area contributed by atoms with Gasteiger partial charge in [0.2, 0.25) is 0 Å². The second kappa shape index (κ2) is 13.3. The maximum atomic E-state index is 7.54. The molecule has 2 atom stereocenters. The quantitative estimate of drug-likeness (QED) is 0.230. The lowest BCUT2D eigenvalue weighted by atomic mass is 9.75. The third kappa shape index (κ3) is 8.62. The Morgan fingerprint density at radius 2 is 1.18 bits per heavy atom. The van der Waals surface area contributed by atoms with Crippen LogP contribution in [0.15, 0.2) is 70.7 Å². The van der Waals surface area contributed by atoms with E-state index < -0.39 is 6.10 Å². The van der Waals surface area contributed by atoms with E-state index in [1.165, 1.54) is 22.3 Å². The first-order valence-corrected chi connectivity index (χ1v) is 19.1. The number of fused-ring (bicyclic) bond motifs is 2. The highest BCUT2D eigenvalue weighted by atomic mass is 32.2. The molecule has 3 nitrogen and oxygen atoms in total. The van der Waals surface area contributed by atoms with Crippen molar-refractivity contribution in [2.45, 2.75) is 165 Å². The van der Waals surface area contributed by atoms with Crippen LogP contribution in [0.5, 0.6) is 11.5 Å². The maximum absolute atomic E-state index is 7.54. The molecule has 0 bridgehead atoms. The number of benzene rings is 2. The second-order valence-corrected chi connectivity index (χ2v) is 21.2. The van der Waals surface area contributed by atoms with E-state index in [1.54, 1.807) is 0 Å².